The zero-order chi connectivity index (χ0) is 23.6. The van der Waals surface area contributed by atoms with Crippen LogP contribution in [0.4, 0.5) is 20.5 Å². The Morgan fingerprint density at radius 1 is 1.18 bits per heavy atom. The number of carbonyl (C=O) groups is 1. The normalized spacial score (nSPS) is 31.5. The summed E-state index contributed by atoms with van der Waals surface area (Å²) in [6.45, 7) is 7.08. The van der Waals surface area contributed by atoms with E-state index in [0.717, 1.165) is 51.3 Å². The Bertz CT molecular complexity index is 1070. The molecule has 1 aromatic heterocycles. The van der Waals surface area contributed by atoms with Gasteiger partial charge in [-0.1, -0.05) is 13.8 Å². The van der Waals surface area contributed by atoms with Crippen LogP contribution in [0.3, 0.4) is 0 Å². The molecule has 2 saturated heterocycles. The zero-order valence-corrected chi connectivity index (χ0v) is 19.4. The van der Waals surface area contributed by atoms with E-state index in [1.807, 2.05) is 11.8 Å². The lowest BCUT2D eigenvalue weighted by Gasteiger charge is -2.17. The van der Waals surface area contributed by atoms with E-state index in [4.69, 9.17) is 13.9 Å². The number of oxazole rings is 1. The van der Waals surface area contributed by atoms with Crippen LogP contribution in [0.2, 0.25) is 0 Å². The number of nitrogens with zero attached hydrogens (tertiary/aromatic N) is 2. The molecule has 4 fully saturated rings. The van der Waals surface area contributed by atoms with Gasteiger partial charge < -0.3 is 24.1 Å². The molecule has 2 aliphatic carbocycles. The Hall–Kier alpha value is -2.68. The summed E-state index contributed by atoms with van der Waals surface area (Å²) in [7, 11) is 0. The molecule has 4 atom stereocenters. The summed E-state index contributed by atoms with van der Waals surface area (Å²) in [5.41, 5.74) is 0.140. The van der Waals surface area contributed by atoms with Crippen molar-refractivity contribution in [1.29, 1.82) is 0 Å². The number of aryl methyl sites for hydroxylation is 1. The highest BCUT2D eigenvalue weighted by Gasteiger charge is 2.54. The maximum Gasteiger partial charge on any atom is 0.298 e. The molecule has 4 unspecified atom stereocenters. The van der Waals surface area contributed by atoms with Crippen LogP contribution in [0.15, 0.2) is 16.5 Å². The average molecular weight is 474 g/mol. The lowest BCUT2D eigenvalue weighted by atomic mass is 10.0. The zero-order valence-electron chi connectivity index (χ0n) is 19.4. The van der Waals surface area contributed by atoms with Gasteiger partial charge in [-0.05, 0) is 30.6 Å². The van der Waals surface area contributed by atoms with Gasteiger partial charge in [0.25, 0.3) is 11.9 Å². The maximum absolute atomic E-state index is 14.7. The average Bonchev–Trinajstić information content (AvgIpc) is 3.38. The first-order chi connectivity index (χ1) is 16.4. The second-order valence-electron chi connectivity index (χ2n) is 10.2. The van der Waals surface area contributed by atoms with Crippen molar-refractivity contribution in [2.24, 2.45) is 29.6 Å². The molecule has 3 heterocycles. The molecule has 1 aromatic carbocycles. The number of amides is 1. The van der Waals surface area contributed by atoms with Gasteiger partial charge in [0, 0.05) is 49.2 Å². The van der Waals surface area contributed by atoms with Gasteiger partial charge in [-0.3, -0.25) is 4.79 Å². The number of rotatable bonds is 6. The first-order valence-electron chi connectivity index (χ1n) is 12.2. The standard InChI is InChI=1S/C25H29F2N3O4/c1-3-21-22(29-25(34-21)30-8-13-10-32-11-14(13)9-30)24(31)28-15-4-19(26)23(20(27)5-15)33-16-6-17-12(2)18(17)7-16/h4-5,12-14,16-18H,3,6-11H2,1-2H3,(H,28,31). The van der Waals surface area contributed by atoms with Crippen LogP contribution in [0.5, 0.6) is 5.75 Å². The van der Waals surface area contributed by atoms with Crippen molar-refractivity contribution in [2.75, 3.05) is 36.5 Å². The van der Waals surface area contributed by atoms with Crippen molar-refractivity contribution in [1.82, 2.24) is 4.98 Å². The Labute approximate surface area is 196 Å². The molecule has 4 aliphatic rings. The summed E-state index contributed by atoms with van der Waals surface area (Å²) in [5.74, 6) is 0.653. The third kappa shape index (κ3) is 3.74. The van der Waals surface area contributed by atoms with Crippen LogP contribution in [0, 0.1) is 41.2 Å². The van der Waals surface area contributed by atoms with E-state index < -0.39 is 17.5 Å². The molecular formula is C25H29F2N3O4. The molecule has 0 bridgehead atoms. The van der Waals surface area contributed by atoms with E-state index in [0.29, 0.717) is 47.8 Å². The number of fused-ring (bicyclic) bond motifs is 2. The number of aromatic nitrogens is 1. The van der Waals surface area contributed by atoms with E-state index in [-0.39, 0.29) is 23.2 Å². The van der Waals surface area contributed by atoms with Gasteiger partial charge in [0.15, 0.2) is 23.1 Å². The fourth-order valence-corrected chi connectivity index (χ4v) is 6.05. The van der Waals surface area contributed by atoms with Gasteiger partial charge in [-0.15, -0.1) is 0 Å². The molecule has 7 nitrogen and oxygen atoms in total. The Morgan fingerprint density at radius 2 is 1.82 bits per heavy atom. The predicted octanol–water partition coefficient (Wildman–Crippen LogP) is 4.27. The third-order valence-electron chi connectivity index (χ3n) is 8.10. The minimum Gasteiger partial charge on any atom is -0.484 e. The second kappa shape index (κ2) is 8.22. The van der Waals surface area contributed by atoms with Crippen LogP contribution in [-0.2, 0) is 11.2 Å². The highest BCUT2D eigenvalue weighted by atomic mass is 19.1. The van der Waals surface area contributed by atoms with Crippen LogP contribution in [0.25, 0.3) is 0 Å². The number of hydrogen-bond acceptors (Lipinski definition) is 6. The van der Waals surface area contributed by atoms with Gasteiger partial charge in [-0.2, -0.15) is 4.98 Å². The van der Waals surface area contributed by atoms with Crippen LogP contribution >= 0.6 is 0 Å². The number of nitrogens with one attached hydrogen (secondary N) is 1. The van der Waals surface area contributed by atoms with E-state index in [1.165, 1.54) is 0 Å². The predicted molar refractivity (Wildman–Crippen MR) is 120 cm³/mol. The van der Waals surface area contributed by atoms with Crippen molar-refractivity contribution >= 4 is 17.6 Å². The van der Waals surface area contributed by atoms with E-state index in [2.05, 4.69) is 17.2 Å². The van der Waals surface area contributed by atoms with Crippen LogP contribution < -0.4 is 15.0 Å². The monoisotopic (exact) mass is 473 g/mol. The van der Waals surface area contributed by atoms with Crippen LogP contribution in [0.1, 0.15) is 42.9 Å². The summed E-state index contributed by atoms with van der Waals surface area (Å²) in [6, 6.07) is 2.58. The second-order valence-corrected chi connectivity index (χ2v) is 10.2. The summed E-state index contributed by atoms with van der Waals surface area (Å²) in [5, 5.41) is 2.56. The van der Waals surface area contributed by atoms with Gasteiger partial charge in [0.2, 0.25) is 0 Å². The molecular weight excluding hydrogens is 444 g/mol. The van der Waals surface area contributed by atoms with Gasteiger partial charge in [0.1, 0.15) is 5.76 Å². The number of ether oxygens (including phenoxy) is 2. The summed E-state index contributed by atoms with van der Waals surface area (Å²) >= 11 is 0. The Balaban J connectivity index is 1.15. The number of hydrogen-bond donors (Lipinski definition) is 1. The number of carbonyl (C=O) groups excluding carboxylic acids is 1. The molecule has 9 heteroatoms. The number of anilines is 2. The lowest BCUT2D eigenvalue weighted by molar-refractivity contribution is 0.102. The molecule has 0 spiro atoms. The highest BCUT2D eigenvalue weighted by Crippen LogP contribution is 2.57. The van der Waals surface area contributed by atoms with Crippen molar-refractivity contribution in [3.05, 3.63) is 35.2 Å². The quantitative estimate of drug-likeness (QED) is 0.675. The molecule has 1 amide bonds. The van der Waals surface area contributed by atoms with Crippen molar-refractivity contribution in [3.63, 3.8) is 0 Å². The summed E-state index contributed by atoms with van der Waals surface area (Å²) in [4.78, 5) is 19.4. The molecule has 6 rings (SSSR count). The summed E-state index contributed by atoms with van der Waals surface area (Å²) < 4.78 is 46.4. The fourth-order valence-electron chi connectivity index (χ4n) is 6.05. The first-order valence-corrected chi connectivity index (χ1v) is 12.2. The topological polar surface area (TPSA) is 76.8 Å². The van der Waals surface area contributed by atoms with E-state index >= 15 is 0 Å². The molecule has 0 radical (unpaired) electrons. The SMILES string of the molecule is CCc1oc(N2CC3COCC3C2)nc1C(=O)Nc1cc(F)c(OC2CC3C(C)C3C2)c(F)c1. The first kappa shape index (κ1) is 21.8. The molecule has 2 aliphatic heterocycles. The van der Waals surface area contributed by atoms with E-state index in [1.54, 1.807) is 0 Å². The van der Waals surface area contributed by atoms with Crippen LogP contribution in [-0.4, -0.2) is 43.3 Å². The smallest absolute Gasteiger partial charge is 0.298 e. The molecule has 2 saturated carbocycles. The van der Waals surface area contributed by atoms with Gasteiger partial charge in [-0.25, -0.2) is 8.78 Å². The number of halogens is 2. The Morgan fingerprint density at radius 3 is 2.44 bits per heavy atom. The fraction of sp³-hybridized carbons (Fsp3) is 0.600. The lowest BCUT2D eigenvalue weighted by Crippen LogP contribution is -2.22. The minimum absolute atomic E-state index is 0.00898. The largest absolute Gasteiger partial charge is 0.484 e. The van der Waals surface area contributed by atoms with Crippen molar-refractivity contribution < 1.29 is 27.5 Å². The summed E-state index contributed by atoms with van der Waals surface area (Å²) in [6.07, 6.45) is 1.98. The van der Waals surface area contributed by atoms with Crippen molar-refractivity contribution in [3.8, 4) is 5.75 Å². The van der Waals surface area contributed by atoms with Gasteiger partial charge in [0.05, 0.1) is 19.3 Å². The molecule has 1 N–H and O–H groups in total. The number of benzene rings is 1. The van der Waals surface area contributed by atoms with E-state index in [9.17, 15) is 13.6 Å². The molecule has 2 aromatic rings. The minimum atomic E-state index is -0.827. The van der Waals surface area contributed by atoms with Gasteiger partial charge >= 0.3 is 0 Å². The highest BCUT2D eigenvalue weighted by molar-refractivity contribution is 6.03. The third-order valence-corrected chi connectivity index (χ3v) is 8.10. The molecule has 34 heavy (non-hydrogen) atoms. The maximum atomic E-state index is 14.7. The Kier molecular flexibility index (Phi) is 5.28. The molecule has 182 valence electrons. The van der Waals surface area contributed by atoms with Crippen molar-refractivity contribution in [2.45, 2.75) is 39.2 Å².